The van der Waals surface area contributed by atoms with Gasteiger partial charge in [-0.2, -0.15) is 0 Å². The van der Waals surface area contributed by atoms with Crippen LogP contribution in [0.3, 0.4) is 0 Å². The van der Waals surface area contributed by atoms with Crippen LogP contribution in [-0.4, -0.2) is 30.6 Å². The first-order valence-corrected chi connectivity index (χ1v) is 9.32. The van der Waals surface area contributed by atoms with E-state index in [0.29, 0.717) is 37.1 Å². The third kappa shape index (κ3) is 2.99. The molecule has 6 heteroatoms. The number of hydrogen-bond donors (Lipinski definition) is 0. The first kappa shape index (κ1) is 18.4. The van der Waals surface area contributed by atoms with Crippen molar-refractivity contribution in [3.63, 3.8) is 0 Å². The van der Waals surface area contributed by atoms with E-state index in [2.05, 4.69) is 0 Å². The molecule has 5 nitrogen and oxygen atoms in total. The van der Waals surface area contributed by atoms with Crippen molar-refractivity contribution < 1.29 is 18.3 Å². The molecule has 4 rings (SSSR count). The van der Waals surface area contributed by atoms with Crippen molar-refractivity contribution in [2.45, 2.75) is 19.4 Å². The largest absolute Gasteiger partial charge is 0.450 e. The Morgan fingerprint density at radius 2 is 1.86 bits per heavy atom. The molecule has 3 aromatic rings. The predicted octanol–water partition coefficient (Wildman–Crippen LogP) is 3.90. The number of carbonyl (C=O) groups is 1. The molecule has 0 saturated carbocycles. The van der Waals surface area contributed by atoms with Crippen molar-refractivity contribution in [1.29, 1.82) is 0 Å². The third-order valence-corrected chi connectivity index (χ3v) is 4.96. The van der Waals surface area contributed by atoms with Crippen molar-refractivity contribution >= 4 is 16.9 Å². The van der Waals surface area contributed by atoms with E-state index >= 15 is 0 Å². The second-order valence-corrected chi connectivity index (χ2v) is 6.64. The number of hydrogen-bond acceptors (Lipinski definition) is 4. The van der Waals surface area contributed by atoms with Crippen molar-refractivity contribution in [2.75, 3.05) is 19.8 Å². The summed E-state index contributed by atoms with van der Waals surface area (Å²) in [4.78, 5) is 27.8. The molecule has 1 aromatic heterocycles. The Balaban J connectivity index is 1.87. The van der Waals surface area contributed by atoms with Crippen LogP contribution in [0, 0.1) is 5.82 Å². The molecule has 0 spiro atoms. The fraction of sp³-hybridized carbons (Fsp3) is 0.273. The summed E-state index contributed by atoms with van der Waals surface area (Å²) in [5, 5.41) is 0.381. The normalized spacial score (nSPS) is 16.0. The highest BCUT2D eigenvalue weighted by Crippen LogP contribution is 2.38. The van der Waals surface area contributed by atoms with Crippen LogP contribution in [0.4, 0.5) is 4.39 Å². The average Bonchev–Trinajstić information content (AvgIpc) is 2.98. The van der Waals surface area contributed by atoms with E-state index in [0.717, 1.165) is 0 Å². The smallest absolute Gasteiger partial charge is 0.290 e. The number of ether oxygens (including phenoxy) is 1. The van der Waals surface area contributed by atoms with E-state index in [-0.39, 0.29) is 22.3 Å². The maximum atomic E-state index is 14.6. The molecule has 0 aliphatic carbocycles. The topological polar surface area (TPSA) is 59.8 Å². The minimum atomic E-state index is -0.814. The maximum Gasteiger partial charge on any atom is 0.290 e. The van der Waals surface area contributed by atoms with Crippen LogP contribution in [0.2, 0.25) is 0 Å². The number of rotatable bonds is 6. The Bertz CT molecular complexity index is 1090. The highest BCUT2D eigenvalue weighted by molar-refractivity contribution is 5.99. The van der Waals surface area contributed by atoms with Gasteiger partial charge in [0.2, 0.25) is 5.76 Å². The van der Waals surface area contributed by atoms with Gasteiger partial charge in [0, 0.05) is 25.3 Å². The standard InChI is InChI=1S/C22H20FNO4/c1-2-27-13-7-12-24-19(14-8-3-5-10-16(14)23)18-20(25)15-9-4-6-11-17(15)28-21(18)22(24)26/h3-6,8-11,19H,2,7,12-13H2,1H3. The Morgan fingerprint density at radius 1 is 1.11 bits per heavy atom. The van der Waals surface area contributed by atoms with Crippen molar-refractivity contribution in [3.8, 4) is 0 Å². The molecule has 2 heterocycles. The molecule has 1 aliphatic rings. The third-order valence-electron chi connectivity index (χ3n) is 4.96. The molecule has 0 N–H and O–H groups in total. The van der Waals surface area contributed by atoms with E-state index in [1.54, 1.807) is 42.5 Å². The second kappa shape index (κ2) is 7.56. The molecule has 144 valence electrons. The summed E-state index contributed by atoms with van der Waals surface area (Å²) < 4.78 is 25.8. The SMILES string of the molecule is CCOCCCN1C(=O)c2oc3ccccc3c(=O)c2C1c1ccccc1F. The molecule has 0 bridgehead atoms. The summed E-state index contributed by atoms with van der Waals surface area (Å²) in [6, 6.07) is 12.2. The van der Waals surface area contributed by atoms with E-state index in [9.17, 15) is 14.0 Å². The van der Waals surface area contributed by atoms with Crippen LogP contribution in [0.15, 0.2) is 57.7 Å². The lowest BCUT2D eigenvalue weighted by Gasteiger charge is -2.25. The quantitative estimate of drug-likeness (QED) is 0.608. The van der Waals surface area contributed by atoms with Crippen LogP contribution < -0.4 is 5.43 Å². The number of amides is 1. The van der Waals surface area contributed by atoms with E-state index in [4.69, 9.17) is 9.15 Å². The zero-order chi connectivity index (χ0) is 19.7. The highest BCUT2D eigenvalue weighted by atomic mass is 19.1. The molecule has 1 amide bonds. The Hall–Kier alpha value is -2.99. The van der Waals surface area contributed by atoms with Gasteiger partial charge in [0.1, 0.15) is 11.4 Å². The summed E-state index contributed by atoms with van der Waals surface area (Å²) in [5.74, 6) is -0.869. The van der Waals surface area contributed by atoms with Gasteiger partial charge < -0.3 is 14.1 Å². The summed E-state index contributed by atoms with van der Waals surface area (Å²) in [6.07, 6.45) is 0.576. The van der Waals surface area contributed by atoms with Gasteiger partial charge in [-0.05, 0) is 31.5 Å². The molecule has 0 saturated heterocycles. The molecule has 28 heavy (non-hydrogen) atoms. The van der Waals surface area contributed by atoms with E-state index in [1.807, 2.05) is 6.92 Å². The molecule has 1 atom stereocenters. The number of fused-ring (bicyclic) bond motifs is 2. The van der Waals surface area contributed by atoms with Gasteiger partial charge in [0.15, 0.2) is 5.43 Å². The molecule has 0 fully saturated rings. The number of nitrogens with zero attached hydrogens (tertiary/aromatic N) is 1. The van der Waals surface area contributed by atoms with Gasteiger partial charge in [-0.15, -0.1) is 0 Å². The molecule has 1 aliphatic heterocycles. The van der Waals surface area contributed by atoms with Crippen molar-refractivity contribution in [3.05, 3.63) is 81.5 Å². The minimum Gasteiger partial charge on any atom is -0.450 e. The van der Waals surface area contributed by atoms with Crippen LogP contribution in [0.5, 0.6) is 0 Å². The number of halogens is 1. The summed E-state index contributed by atoms with van der Waals surface area (Å²) in [6.45, 7) is 3.28. The molecule has 0 radical (unpaired) electrons. The summed E-state index contributed by atoms with van der Waals surface area (Å²) in [7, 11) is 0. The lowest BCUT2D eigenvalue weighted by atomic mass is 9.98. The Morgan fingerprint density at radius 3 is 2.64 bits per heavy atom. The molecular weight excluding hydrogens is 361 g/mol. The average molecular weight is 381 g/mol. The summed E-state index contributed by atoms with van der Waals surface area (Å²) in [5.41, 5.74) is 0.535. The maximum absolute atomic E-state index is 14.6. The lowest BCUT2D eigenvalue weighted by molar-refractivity contribution is 0.0694. The number of benzene rings is 2. The molecular formula is C22H20FNO4. The van der Waals surface area contributed by atoms with Crippen LogP contribution >= 0.6 is 0 Å². The van der Waals surface area contributed by atoms with Crippen molar-refractivity contribution in [1.82, 2.24) is 4.90 Å². The predicted molar refractivity (Wildman–Crippen MR) is 103 cm³/mol. The van der Waals surface area contributed by atoms with Gasteiger partial charge in [-0.3, -0.25) is 9.59 Å². The van der Waals surface area contributed by atoms with Gasteiger partial charge >= 0.3 is 0 Å². The van der Waals surface area contributed by atoms with E-state index < -0.39 is 17.8 Å². The number of carbonyl (C=O) groups excluding carboxylic acids is 1. The van der Waals surface area contributed by atoms with Gasteiger partial charge in [0.05, 0.1) is 17.0 Å². The second-order valence-electron chi connectivity index (χ2n) is 6.64. The highest BCUT2D eigenvalue weighted by Gasteiger charge is 2.43. The number of para-hydroxylation sites is 1. The fourth-order valence-electron chi connectivity index (χ4n) is 3.70. The first-order chi connectivity index (χ1) is 13.6. The molecule has 1 unspecified atom stereocenters. The van der Waals surface area contributed by atoms with E-state index in [1.165, 1.54) is 11.0 Å². The van der Waals surface area contributed by atoms with Crippen LogP contribution in [0.1, 0.15) is 41.1 Å². The molecule has 2 aromatic carbocycles. The minimum absolute atomic E-state index is 0.00615. The van der Waals surface area contributed by atoms with Crippen LogP contribution in [-0.2, 0) is 4.74 Å². The lowest BCUT2D eigenvalue weighted by Crippen LogP contribution is -2.31. The first-order valence-electron chi connectivity index (χ1n) is 9.32. The van der Waals surface area contributed by atoms with Gasteiger partial charge in [-0.25, -0.2) is 4.39 Å². The zero-order valence-corrected chi connectivity index (χ0v) is 15.5. The Labute approximate surface area is 161 Å². The van der Waals surface area contributed by atoms with Gasteiger partial charge in [0.25, 0.3) is 5.91 Å². The Kier molecular flexibility index (Phi) is 4.96. The zero-order valence-electron chi connectivity index (χ0n) is 15.5. The monoisotopic (exact) mass is 381 g/mol. The summed E-state index contributed by atoms with van der Waals surface area (Å²) >= 11 is 0. The van der Waals surface area contributed by atoms with Crippen molar-refractivity contribution in [2.24, 2.45) is 0 Å². The van der Waals surface area contributed by atoms with Crippen LogP contribution in [0.25, 0.3) is 11.0 Å². The fourth-order valence-corrected chi connectivity index (χ4v) is 3.70. The van der Waals surface area contributed by atoms with Gasteiger partial charge in [-0.1, -0.05) is 30.3 Å².